The van der Waals surface area contributed by atoms with Crippen LogP contribution in [0.15, 0.2) is 18.2 Å². The van der Waals surface area contributed by atoms with E-state index in [1.165, 1.54) is 0 Å². The molecule has 1 aliphatic heterocycles. The van der Waals surface area contributed by atoms with Crippen molar-refractivity contribution in [2.45, 2.75) is 32.7 Å². The summed E-state index contributed by atoms with van der Waals surface area (Å²) in [7, 11) is 1.92. The molecule has 1 amide bonds. The molecular formula is C16H24N2O2. The van der Waals surface area contributed by atoms with Crippen LogP contribution in [-0.4, -0.2) is 43.6 Å². The van der Waals surface area contributed by atoms with E-state index in [0.717, 1.165) is 42.8 Å². The summed E-state index contributed by atoms with van der Waals surface area (Å²) in [5.74, 6) is 0.895. The Morgan fingerprint density at radius 1 is 1.45 bits per heavy atom. The summed E-state index contributed by atoms with van der Waals surface area (Å²) in [6.45, 7) is 5.86. The first-order chi connectivity index (χ1) is 9.61. The maximum absolute atomic E-state index is 12.3. The van der Waals surface area contributed by atoms with Gasteiger partial charge in [-0.05, 0) is 50.9 Å². The third kappa shape index (κ3) is 3.51. The highest BCUT2D eigenvalue weighted by molar-refractivity contribution is 5.78. The van der Waals surface area contributed by atoms with E-state index in [2.05, 4.69) is 5.32 Å². The van der Waals surface area contributed by atoms with Gasteiger partial charge in [-0.2, -0.15) is 0 Å². The van der Waals surface area contributed by atoms with Crippen molar-refractivity contribution in [3.63, 3.8) is 0 Å². The fourth-order valence-corrected chi connectivity index (χ4v) is 2.70. The molecule has 2 rings (SSSR count). The monoisotopic (exact) mass is 276 g/mol. The lowest BCUT2D eigenvalue weighted by molar-refractivity contribution is -0.134. The van der Waals surface area contributed by atoms with Crippen molar-refractivity contribution in [2.24, 2.45) is 0 Å². The highest BCUT2D eigenvalue weighted by atomic mass is 16.5. The molecule has 1 fully saturated rings. The van der Waals surface area contributed by atoms with E-state index in [4.69, 9.17) is 4.74 Å². The highest BCUT2D eigenvalue weighted by Crippen LogP contribution is 2.20. The molecule has 0 bridgehead atoms. The number of ether oxygens (including phenoxy) is 1. The van der Waals surface area contributed by atoms with Gasteiger partial charge in [0.05, 0.1) is 0 Å². The van der Waals surface area contributed by atoms with Crippen LogP contribution in [-0.2, 0) is 4.79 Å². The first-order valence-electron chi connectivity index (χ1n) is 7.26. The molecule has 1 aliphatic rings. The molecule has 0 radical (unpaired) electrons. The minimum atomic E-state index is 0.0867. The van der Waals surface area contributed by atoms with Crippen molar-refractivity contribution in [2.75, 3.05) is 26.7 Å². The zero-order chi connectivity index (χ0) is 14.5. The van der Waals surface area contributed by atoms with Crippen LogP contribution in [0.5, 0.6) is 5.75 Å². The van der Waals surface area contributed by atoms with Crippen LogP contribution in [0.1, 0.15) is 24.0 Å². The second-order valence-corrected chi connectivity index (χ2v) is 5.50. The van der Waals surface area contributed by atoms with Gasteiger partial charge >= 0.3 is 0 Å². The number of hydrogen-bond donors (Lipinski definition) is 1. The molecule has 1 aromatic carbocycles. The number of aryl methyl sites for hydroxylation is 2. The van der Waals surface area contributed by atoms with Crippen LogP contribution in [0.4, 0.5) is 0 Å². The Morgan fingerprint density at radius 3 is 3.00 bits per heavy atom. The number of rotatable bonds is 5. The SMILES string of the molecule is CNCC1CCCN1C(=O)COc1cc(C)ccc1C. The number of hydrogen-bond acceptors (Lipinski definition) is 3. The third-order valence-electron chi connectivity index (χ3n) is 3.83. The molecule has 0 aromatic heterocycles. The van der Waals surface area contributed by atoms with Gasteiger partial charge in [0.2, 0.25) is 0 Å². The van der Waals surface area contributed by atoms with Crippen molar-refractivity contribution >= 4 is 5.91 Å². The summed E-state index contributed by atoms with van der Waals surface area (Å²) in [4.78, 5) is 14.2. The molecular weight excluding hydrogens is 252 g/mol. The Kier molecular flexibility index (Phi) is 5.01. The molecule has 0 saturated carbocycles. The fourth-order valence-electron chi connectivity index (χ4n) is 2.70. The normalized spacial score (nSPS) is 18.4. The number of nitrogens with zero attached hydrogens (tertiary/aromatic N) is 1. The third-order valence-corrected chi connectivity index (χ3v) is 3.83. The first kappa shape index (κ1) is 14.9. The van der Waals surface area contributed by atoms with Crippen LogP contribution < -0.4 is 10.1 Å². The summed E-state index contributed by atoms with van der Waals surface area (Å²) in [6, 6.07) is 6.37. The molecule has 20 heavy (non-hydrogen) atoms. The Bertz CT molecular complexity index is 474. The van der Waals surface area contributed by atoms with Gasteiger partial charge in [0, 0.05) is 19.1 Å². The van der Waals surface area contributed by atoms with Crippen molar-refractivity contribution in [3.8, 4) is 5.75 Å². The molecule has 4 nitrogen and oxygen atoms in total. The van der Waals surface area contributed by atoms with Gasteiger partial charge in [-0.25, -0.2) is 0 Å². The van der Waals surface area contributed by atoms with Gasteiger partial charge in [0.15, 0.2) is 6.61 Å². The van der Waals surface area contributed by atoms with Crippen LogP contribution in [0.25, 0.3) is 0 Å². The van der Waals surface area contributed by atoms with Crippen molar-refractivity contribution < 1.29 is 9.53 Å². The Morgan fingerprint density at radius 2 is 2.25 bits per heavy atom. The largest absolute Gasteiger partial charge is 0.483 e. The van der Waals surface area contributed by atoms with E-state index < -0.39 is 0 Å². The minimum Gasteiger partial charge on any atom is -0.483 e. The van der Waals surface area contributed by atoms with E-state index in [1.807, 2.05) is 44.0 Å². The molecule has 0 spiro atoms. The maximum Gasteiger partial charge on any atom is 0.260 e. The predicted molar refractivity (Wildman–Crippen MR) is 80.1 cm³/mol. The zero-order valence-corrected chi connectivity index (χ0v) is 12.6. The van der Waals surface area contributed by atoms with E-state index in [1.54, 1.807) is 0 Å². The molecule has 1 aromatic rings. The van der Waals surface area contributed by atoms with Crippen LogP contribution in [0.2, 0.25) is 0 Å². The number of nitrogens with one attached hydrogen (secondary N) is 1. The molecule has 4 heteroatoms. The van der Waals surface area contributed by atoms with E-state index in [9.17, 15) is 4.79 Å². The minimum absolute atomic E-state index is 0.0867. The van der Waals surface area contributed by atoms with Crippen molar-refractivity contribution in [1.29, 1.82) is 0 Å². The quantitative estimate of drug-likeness (QED) is 0.893. The maximum atomic E-state index is 12.3. The number of likely N-dealkylation sites (tertiary alicyclic amines) is 1. The highest BCUT2D eigenvalue weighted by Gasteiger charge is 2.28. The van der Waals surface area contributed by atoms with Gasteiger partial charge in [0.25, 0.3) is 5.91 Å². The topological polar surface area (TPSA) is 41.6 Å². The van der Waals surface area contributed by atoms with E-state index >= 15 is 0 Å². The zero-order valence-electron chi connectivity index (χ0n) is 12.6. The molecule has 1 N–H and O–H groups in total. The van der Waals surface area contributed by atoms with Crippen LogP contribution >= 0.6 is 0 Å². The van der Waals surface area contributed by atoms with Gasteiger partial charge in [-0.3, -0.25) is 4.79 Å². The predicted octanol–water partition coefficient (Wildman–Crippen LogP) is 1.89. The average molecular weight is 276 g/mol. The molecule has 1 unspecified atom stereocenters. The molecule has 0 aliphatic carbocycles. The van der Waals surface area contributed by atoms with Crippen LogP contribution in [0, 0.1) is 13.8 Å². The molecule has 1 heterocycles. The number of amides is 1. The van der Waals surface area contributed by atoms with Gasteiger partial charge in [-0.1, -0.05) is 12.1 Å². The van der Waals surface area contributed by atoms with Crippen molar-refractivity contribution in [1.82, 2.24) is 10.2 Å². The summed E-state index contributed by atoms with van der Waals surface area (Å²) >= 11 is 0. The van der Waals surface area contributed by atoms with Gasteiger partial charge in [-0.15, -0.1) is 0 Å². The Hall–Kier alpha value is -1.55. The fraction of sp³-hybridized carbons (Fsp3) is 0.562. The summed E-state index contributed by atoms with van der Waals surface area (Å²) < 4.78 is 5.71. The second-order valence-electron chi connectivity index (χ2n) is 5.50. The molecule has 1 saturated heterocycles. The smallest absolute Gasteiger partial charge is 0.260 e. The lowest BCUT2D eigenvalue weighted by Crippen LogP contribution is -2.43. The first-order valence-corrected chi connectivity index (χ1v) is 7.26. The summed E-state index contributed by atoms with van der Waals surface area (Å²) in [6.07, 6.45) is 2.16. The number of benzene rings is 1. The summed E-state index contributed by atoms with van der Waals surface area (Å²) in [5, 5.41) is 3.15. The van der Waals surface area contributed by atoms with E-state index in [0.29, 0.717) is 6.04 Å². The standard InChI is InChI=1S/C16H24N2O2/c1-12-6-7-13(2)15(9-12)20-11-16(19)18-8-4-5-14(18)10-17-3/h6-7,9,14,17H,4-5,8,10-11H2,1-3H3. The molecule has 110 valence electrons. The number of likely N-dealkylation sites (N-methyl/N-ethyl adjacent to an activating group) is 1. The van der Waals surface area contributed by atoms with Crippen LogP contribution in [0.3, 0.4) is 0 Å². The average Bonchev–Trinajstić information content (AvgIpc) is 2.88. The summed E-state index contributed by atoms with van der Waals surface area (Å²) in [5.41, 5.74) is 2.21. The van der Waals surface area contributed by atoms with Crippen molar-refractivity contribution in [3.05, 3.63) is 29.3 Å². The Labute approximate surface area is 121 Å². The number of carbonyl (C=O) groups excluding carboxylic acids is 1. The molecule has 1 atom stereocenters. The lowest BCUT2D eigenvalue weighted by atomic mass is 10.1. The second kappa shape index (κ2) is 6.75. The number of carbonyl (C=O) groups is 1. The Balaban J connectivity index is 1.93. The van der Waals surface area contributed by atoms with Gasteiger partial charge in [0.1, 0.15) is 5.75 Å². The van der Waals surface area contributed by atoms with Gasteiger partial charge < -0.3 is 15.0 Å². The lowest BCUT2D eigenvalue weighted by Gasteiger charge is -2.24. The van der Waals surface area contributed by atoms with E-state index in [-0.39, 0.29) is 12.5 Å².